The first kappa shape index (κ1) is 12.7. The van der Waals surface area contributed by atoms with Crippen LogP contribution in [0.5, 0.6) is 17.2 Å². The molecular formula is C16H17NO3. The van der Waals surface area contributed by atoms with E-state index >= 15 is 0 Å². The Labute approximate surface area is 118 Å². The van der Waals surface area contributed by atoms with Crippen LogP contribution >= 0.6 is 0 Å². The summed E-state index contributed by atoms with van der Waals surface area (Å²) in [5, 5.41) is 3.35. The predicted octanol–water partition coefficient (Wildman–Crippen LogP) is 3.30. The zero-order valence-electron chi connectivity index (χ0n) is 11.2. The quantitative estimate of drug-likeness (QED) is 0.818. The van der Waals surface area contributed by atoms with Gasteiger partial charge in [-0.05, 0) is 30.7 Å². The molecule has 3 rings (SSSR count). The molecule has 0 unspecified atom stereocenters. The summed E-state index contributed by atoms with van der Waals surface area (Å²) in [6.07, 6.45) is 0.934. The van der Waals surface area contributed by atoms with Crippen molar-refractivity contribution in [1.29, 1.82) is 0 Å². The lowest BCUT2D eigenvalue weighted by Gasteiger charge is -2.08. The molecule has 104 valence electrons. The molecule has 1 aliphatic heterocycles. The smallest absolute Gasteiger partial charge is 0.231 e. The molecule has 1 heterocycles. The molecule has 0 saturated carbocycles. The minimum atomic E-state index is 0.309. The van der Waals surface area contributed by atoms with Crippen molar-refractivity contribution in [3.05, 3.63) is 48.5 Å². The molecule has 2 aromatic rings. The molecular weight excluding hydrogens is 254 g/mol. The lowest BCUT2D eigenvalue weighted by molar-refractivity contribution is 0.174. The first-order valence-electron chi connectivity index (χ1n) is 6.73. The highest BCUT2D eigenvalue weighted by atomic mass is 16.7. The van der Waals surface area contributed by atoms with Crippen molar-refractivity contribution in [3.8, 4) is 17.2 Å². The number of nitrogens with one attached hydrogen (secondary N) is 1. The van der Waals surface area contributed by atoms with E-state index in [4.69, 9.17) is 14.2 Å². The molecule has 0 spiro atoms. The third kappa shape index (κ3) is 3.15. The lowest BCUT2D eigenvalue weighted by Crippen LogP contribution is -2.07. The number of ether oxygens (including phenoxy) is 3. The number of para-hydroxylation sites is 1. The summed E-state index contributed by atoms with van der Waals surface area (Å²) in [5.74, 6) is 2.52. The van der Waals surface area contributed by atoms with Gasteiger partial charge in [0.15, 0.2) is 11.5 Å². The molecule has 0 bridgehead atoms. The van der Waals surface area contributed by atoms with Crippen LogP contribution in [0, 0.1) is 0 Å². The van der Waals surface area contributed by atoms with E-state index in [1.165, 1.54) is 0 Å². The molecule has 1 N–H and O–H groups in total. The van der Waals surface area contributed by atoms with Crippen LogP contribution in [0.3, 0.4) is 0 Å². The second-order valence-electron chi connectivity index (χ2n) is 4.51. The van der Waals surface area contributed by atoms with E-state index in [0.717, 1.165) is 35.9 Å². The van der Waals surface area contributed by atoms with Crippen LogP contribution in [0.4, 0.5) is 5.69 Å². The van der Waals surface area contributed by atoms with E-state index < -0.39 is 0 Å². The van der Waals surface area contributed by atoms with E-state index in [1.54, 1.807) is 0 Å². The molecule has 4 nitrogen and oxygen atoms in total. The number of hydrogen-bond donors (Lipinski definition) is 1. The molecule has 2 aromatic carbocycles. The Morgan fingerprint density at radius 3 is 2.75 bits per heavy atom. The topological polar surface area (TPSA) is 39.7 Å². The Balaban J connectivity index is 1.40. The van der Waals surface area contributed by atoms with Gasteiger partial charge in [-0.15, -0.1) is 0 Å². The summed E-state index contributed by atoms with van der Waals surface area (Å²) >= 11 is 0. The summed E-state index contributed by atoms with van der Waals surface area (Å²) in [7, 11) is 0. The van der Waals surface area contributed by atoms with Crippen LogP contribution in [-0.2, 0) is 0 Å². The van der Waals surface area contributed by atoms with E-state index in [9.17, 15) is 0 Å². The molecule has 4 heteroatoms. The van der Waals surface area contributed by atoms with E-state index in [0.29, 0.717) is 13.4 Å². The Kier molecular flexibility index (Phi) is 3.92. The van der Waals surface area contributed by atoms with Gasteiger partial charge in [-0.25, -0.2) is 0 Å². The normalized spacial score (nSPS) is 12.2. The Morgan fingerprint density at radius 2 is 1.85 bits per heavy atom. The van der Waals surface area contributed by atoms with Crippen molar-refractivity contribution in [2.45, 2.75) is 6.42 Å². The third-order valence-corrected chi connectivity index (χ3v) is 3.03. The van der Waals surface area contributed by atoms with E-state index in [1.807, 2.05) is 48.5 Å². The first-order chi connectivity index (χ1) is 9.92. The van der Waals surface area contributed by atoms with E-state index in [2.05, 4.69) is 5.32 Å². The predicted molar refractivity (Wildman–Crippen MR) is 77.6 cm³/mol. The maximum Gasteiger partial charge on any atom is 0.231 e. The Bertz CT molecular complexity index is 557. The van der Waals surface area contributed by atoms with Gasteiger partial charge in [-0.2, -0.15) is 0 Å². The van der Waals surface area contributed by atoms with Gasteiger partial charge in [0.2, 0.25) is 6.79 Å². The van der Waals surface area contributed by atoms with Gasteiger partial charge in [0.05, 0.1) is 6.61 Å². The second-order valence-corrected chi connectivity index (χ2v) is 4.51. The minimum absolute atomic E-state index is 0.309. The molecule has 0 atom stereocenters. The highest BCUT2D eigenvalue weighted by molar-refractivity contribution is 5.55. The fourth-order valence-electron chi connectivity index (χ4n) is 2.02. The van der Waals surface area contributed by atoms with Crippen LogP contribution in [0.25, 0.3) is 0 Å². The summed E-state index contributed by atoms with van der Waals surface area (Å²) in [4.78, 5) is 0. The van der Waals surface area contributed by atoms with Gasteiger partial charge in [0, 0.05) is 18.3 Å². The van der Waals surface area contributed by atoms with Gasteiger partial charge < -0.3 is 19.5 Å². The van der Waals surface area contributed by atoms with Crippen molar-refractivity contribution < 1.29 is 14.2 Å². The minimum Gasteiger partial charge on any atom is -0.494 e. The molecule has 20 heavy (non-hydrogen) atoms. The lowest BCUT2D eigenvalue weighted by atomic mass is 10.2. The van der Waals surface area contributed by atoms with Gasteiger partial charge in [0.25, 0.3) is 0 Å². The molecule has 0 amide bonds. The Morgan fingerprint density at radius 1 is 1.00 bits per heavy atom. The van der Waals surface area contributed by atoms with Crippen LogP contribution in [0.15, 0.2) is 48.5 Å². The molecule has 0 aromatic heterocycles. The maximum absolute atomic E-state index is 5.63. The van der Waals surface area contributed by atoms with E-state index in [-0.39, 0.29) is 0 Å². The standard InChI is InChI=1S/C16H17NO3/c1-2-5-14(6-3-1)18-10-4-9-17-13-7-8-15-16(11-13)20-12-19-15/h1-3,5-8,11,17H,4,9-10,12H2. The second kappa shape index (κ2) is 6.19. The number of fused-ring (bicyclic) bond motifs is 1. The number of rotatable bonds is 6. The summed E-state index contributed by atoms with van der Waals surface area (Å²) in [5.41, 5.74) is 1.04. The molecule has 0 radical (unpaired) electrons. The highest BCUT2D eigenvalue weighted by Crippen LogP contribution is 2.34. The first-order valence-corrected chi connectivity index (χ1v) is 6.73. The van der Waals surface area contributed by atoms with Crippen molar-refractivity contribution in [3.63, 3.8) is 0 Å². The zero-order valence-corrected chi connectivity index (χ0v) is 11.2. The van der Waals surface area contributed by atoms with Crippen LogP contribution in [0.2, 0.25) is 0 Å². The molecule has 0 saturated heterocycles. The largest absolute Gasteiger partial charge is 0.494 e. The van der Waals surface area contributed by atoms with Crippen molar-refractivity contribution in [2.24, 2.45) is 0 Å². The molecule has 0 fully saturated rings. The van der Waals surface area contributed by atoms with Crippen LogP contribution in [0.1, 0.15) is 6.42 Å². The van der Waals surface area contributed by atoms with Gasteiger partial charge in [-0.1, -0.05) is 18.2 Å². The number of anilines is 1. The molecule has 0 aliphatic carbocycles. The van der Waals surface area contributed by atoms with Gasteiger partial charge in [0.1, 0.15) is 5.75 Å². The van der Waals surface area contributed by atoms with Gasteiger partial charge in [-0.3, -0.25) is 0 Å². The number of benzene rings is 2. The summed E-state index contributed by atoms with van der Waals surface area (Å²) in [6, 6.07) is 15.7. The third-order valence-electron chi connectivity index (χ3n) is 3.03. The Hall–Kier alpha value is -2.36. The average Bonchev–Trinajstić information content (AvgIpc) is 2.95. The van der Waals surface area contributed by atoms with Gasteiger partial charge >= 0.3 is 0 Å². The SMILES string of the molecule is c1ccc(OCCCNc2ccc3c(c2)OCO3)cc1. The number of hydrogen-bond acceptors (Lipinski definition) is 4. The fraction of sp³-hybridized carbons (Fsp3) is 0.250. The summed E-state index contributed by atoms with van der Waals surface area (Å²) in [6.45, 7) is 1.86. The van der Waals surface area contributed by atoms with Crippen molar-refractivity contribution in [2.75, 3.05) is 25.3 Å². The molecule has 1 aliphatic rings. The van der Waals surface area contributed by atoms with Crippen LogP contribution in [-0.4, -0.2) is 19.9 Å². The fourth-order valence-corrected chi connectivity index (χ4v) is 2.02. The maximum atomic E-state index is 5.63. The highest BCUT2D eigenvalue weighted by Gasteiger charge is 2.12. The van der Waals surface area contributed by atoms with Crippen LogP contribution < -0.4 is 19.5 Å². The van der Waals surface area contributed by atoms with Crippen molar-refractivity contribution in [1.82, 2.24) is 0 Å². The summed E-state index contributed by atoms with van der Waals surface area (Å²) < 4.78 is 16.2. The average molecular weight is 271 g/mol. The zero-order chi connectivity index (χ0) is 13.6. The monoisotopic (exact) mass is 271 g/mol. The van der Waals surface area contributed by atoms with Crippen molar-refractivity contribution >= 4 is 5.69 Å².